The molecular weight excluding hydrogens is 466 g/mol. The number of likely N-dealkylation sites (N-methyl/N-ethyl adjacent to an activating group) is 1. The van der Waals surface area contributed by atoms with Crippen LogP contribution in [0.15, 0.2) is 24.3 Å². The van der Waals surface area contributed by atoms with Crippen LogP contribution in [0.3, 0.4) is 0 Å². The van der Waals surface area contributed by atoms with Gasteiger partial charge in [-0.1, -0.05) is 13.8 Å². The van der Waals surface area contributed by atoms with E-state index in [1.165, 1.54) is 7.11 Å². The highest BCUT2D eigenvalue weighted by atomic mass is 19.4. The van der Waals surface area contributed by atoms with Gasteiger partial charge in [-0.25, -0.2) is 4.39 Å². The van der Waals surface area contributed by atoms with E-state index in [9.17, 15) is 22.4 Å². The minimum Gasteiger partial charge on any atom is -0.493 e. The Bertz CT molecular complexity index is 1090. The van der Waals surface area contributed by atoms with Crippen LogP contribution in [0, 0.1) is 11.7 Å². The minimum absolute atomic E-state index is 0.0685. The molecule has 3 heterocycles. The summed E-state index contributed by atoms with van der Waals surface area (Å²) in [5.74, 6) is 0.287. The van der Waals surface area contributed by atoms with Gasteiger partial charge in [-0.3, -0.25) is 9.69 Å². The zero-order chi connectivity index (χ0) is 25.5. The lowest BCUT2D eigenvalue weighted by Crippen LogP contribution is -2.57. The maximum atomic E-state index is 14.9. The molecule has 2 aliphatic rings. The highest BCUT2D eigenvalue weighted by molar-refractivity contribution is 5.95. The molecule has 1 amide bonds. The summed E-state index contributed by atoms with van der Waals surface area (Å²) in [6, 6.07) is 5.62. The number of benzene rings is 1. The first-order valence-corrected chi connectivity index (χ1v) is 11.8. The van der Waals surface area contributed by atoms with Gasteiger partial charge in [-0.15, -0.1) is 0 Å². The third-order valence-corrected chi connectivity index (χ3v) is 7.03. The molecule has 0 bridgehead atoms. The van der Waals surface area contributed by atoms with Gasteiger partial charge in [0, 0.05) is 37.8 Å². The summed E-state index contributed by atoms with van der Waals surface area (Å²) >= 11 is 0. The van der Waals surface area contributed by atoms with E-state index in [0.717, 1.165) is 4.57 Å². The van der Waals surface area contributed by atoms with Gasteiger partial charge < -0.3 is 18.9 Å². The number of carbonyl (C=O) groups excluding carboxylic acids is 1. The first-order valence-electron chi connectivity index (χ1n) is 11.8. The van der Waals surface area contributed by atoms with E-state index in [1.807, 2.05) is 18.7 Å². The standard InChI is InChI=1S/C25H31F4N3O3/c1-16(2)15-35-19-6-5-17(13-20(19)34-4)23(33)31-9-7-24(8-10-31)22-18(26)14-21(25(27,28)29)32(22)12-11-30(24)3/h5-6,13-14,16H,7-12,15H2,1-4H3. The second-order valence-electron chi connectivity index (χ2n) is 9.69. The molecule has 0 saturated carbocycles. The summed E-state index contributed by atoms with van der Waals surface area (Å²) in [6.07, 6.45) is -3.96. The number of amides is 1. The van der Waals surface area contributed by atoms with Crippen LogP contribution >= 0.6 is 0 Å². The Hall–Kier alpha value is -2.75. The molecule has 2 aromatic rings. The van der Waals surface area contributed by atoms with Gasteiger partial charge in [0.25, 0.3) is 5.91 Å². The molecule has 192 valence electrons. The van der Waals surface area contributed by atoms with Crippen LogP contribution < -0.4 is 9.47 Å². The molecule has 0 unspecified atom stereocenters. The third-order valence-electron chi connectivity index (χ3n) is 7.03. The topological polar surface area (TPSA) is 46.9 Å². The molecule has 4 rings (SSSR count). The van der Waals surface area contributed by atoms with E-state index in [4.69, 9.17) is 9.47 Å². The number of rotatable bonds is 5. The summed E-state index contributed by atoms with van der Waals surface area (Å²) in [4.78, 5) is 16.8. The number of hydrogen-bond acceptors (Lipinski definition) is 4. The summed E-state index contributed by atoms with van der Waals surface area (Å²) in [5.41, 5.74) is -1.35. The number of alkyl halides is 3. The van der Waals surface area contributed by atoms with Crippen molar-refractivity contribution in [3.05, 3.63) is 47.0 Å². The normalized spacial score (nSPS) is 18.1. The Morgan fingerprint density at radius 2 is 1.77 bits per heavy atom. The zero-order valence-electron chi connectivity index (χ0n) is 20.4. The predicted molar refractivity (Wildman–Crippen MR) is 122 cm³/mol. The zero-order valence-corrected chi connectivity index (χ0v) is 20.4. The molecule has 1 saturated heterocycles. The molecule has 0 radical (unpaired) electrons. The Balaban J connectivity index is 1.54. The van der Waals surface area contributed by atoms with Gasteiger partial charge in [-0.2, -0.15) is 13.2 Å². The number of nitrogens with zero attached hydrogens (tertiary/aromatic N) is 3. The second kappa shape index (κ2) is 9.37. The third kappa shape index (κ3) is 4.60. The quantitative estimate of drug-likeness (QED) is 0.559. The molecule has 35 heavy (non-hydrogen) atoms. The average molecular weight is 498 g/mol. The number of carbonyl (C=O) groups is 1. The maximum Gasteiger partial charge on any atom is 0.431 e. The molecule has 1 aromatic heterocycles. The van der Waals surface area contributed by atoms with Gasteiger partial charge in [-0.05, 0) is 44.0 Å². The Morgan fingerprint density at radius 1 is 1.09 bits per heavy atom. The molecular formula is C25H31F4N3O3. The Labute approximate surface area is 202 Å². The van der Waals surface area contributed by atoms with Gasteiger partial charge in [0.15, 0.2) is 11.5 Å². The molecule has 0 atom stereocenters. The van der Waals surface area contributed by atoms with Gasteiger partial charge in [0.05, 0.1) is 24.9 Å². The smallest absolute Gasteiger partial charge is 0.431 e. The first kappa shape index (κ1) is 25.3. The lowest BCUT2D eigenvalue weighted by molar-refractivity contribution is -0.144. The van der Waals surface area contributed by atoms with E-state index in [1.54, 1.807) is 30.1 Å². The lowest BCUT2D eigenvalue weighted by Gasteiger charge is -2.50. The van der Waals surface area contributed by atoms with E-state index in [2.05, 4.69) is 0 Å². The van der Waals surface area contributed by atoms with Crippen molar-refractivity contribution in [2.45, 2.75) is 44.9 Å². The molecule has 2 aliphatic heterocycles. The lowest BCUT2D eigenvalue weighted by atomic mass is 9.81. The minimum atomic E-state index is -4.63. The van der Waals surface area contributed by atoms with Crippen molar-refractivity contribution in [2.24, 2.45) is 5.92 Å². The Morgan fingerprint density at radius 3 is 2.37 bits per heavy atom. The second-order valence-corrected chi connectivity index (χ2v) is 9.69. The van der Waals surface area contributed by atoms with Crippen molar-refractivity contribution < 1.29 is 31.8 Å². The van der Waals surface area contributed by atoms with Crippen LogP contribution in [0.2, 0.25) is 0 Å². The monoisotopic (exact) mass is 497 g/mol. The maximum absolute atomic E-state index is 14.9. The van der Waals surface area contributed by atoms with Crippen molar-refractivity contribution in [1.29, 1.82) is 0 Å². The van der Waals surface area contributed by atoms with Gasteiger partial charge in [0.2, 0.25) is 0 Å². The first-order chi connectivity index (χ1) is 16.5. The molecule has 1 aromatic carbocycles. The van der Waals surface area contributed by atoms with Crippen LogP contribution in [0.5, 0.6) is 11.5 Å². The van der Waals surface area contributed by atoms with Crippen LogP contribution in [-0.2, 0) is 18.3 Å². The number of fused-ring (bicyclic) bond motifs is 2. The number of aromatic nitrogens is 1. The summed E-state index contributed by atoms with van der Waals surface area (Å²) < 4.78 is 67.7. The molecule has 1 fully saturated rings. The number of hydrogen-bond donors (Lipinski definition) is 0. The van der Waals surface area contributed by atoms with Gasteiger partial charge in [0.1, 0.15) is 11.5 Å². The van der Waals surface area contributed by atoms with Gasteiger partial charge >= 0.3 is 6.18 Å². The summed E-state index contributed by atoms with van der Waals surface area (Å²) in [5, 5.41) is 0. The molecule has 1 spiro atoms. The van der Waals surface area contributed by atoms with Crippen molar-refractivity contribution in [3.8, 4) is 11.5 Å². The van der Waals surface area contributed by atoms with Crippen LogP contribution in [0.4, 0.5) is 17.6 Å². The van der Waals surface area contributed by atoms with E-state index in [0.29, 0.717) is 68.1 Å². The van der Waals surface area contributed by atoms with E-state index in [-0.39, 0.29) is 18.1 Å². The fraction of sp³-hybridized carbons (Fsp3) is 0.560. The largest absolute Gasteiger partial charge is 0.493 e. The van der Waals surface area contributed by atoms with Crippen molar-refractivity contribution in [1.82, 2.24) is 14.4 Å². The van der Waals surface area contributed by atoms with Crippen LogP contribution in [0.1, 0.15) is 48.4 Å². The average Bonchev–Trinajstić information content (AvgIpc) is 3.18. The Kier molecular flexibility index (Phi) is 6.78. The van der Waals surface area contributed by atoms with Crippen molar-refractivity contribution in [2.75, 3.05) is 40.4 Å². The molecule has 0 aliphatic carbocycles. The molecule has 6 nitrogen and oxygen atoms in total. The summed E-state index contributed by atoms with van der Waals surface area (Å²) in [7, 11) is 3.32. The van der Waals surface area contributed by atoms with E-state index >= 15 is 0 Å². The summed E-state index contributed by atoms with van der Waals surface area (Å²) in [6.45, 7) is 5.60. The fourth-order valence-corrected chi connectivity index (χ4v) is 5.16. The highest BCUT2D eigenvalue weighted by Gasteiger charge is 2.49. The van der Waals surface area contributed by atoms with Crippen LogP contribution in [0.25, 0.3) is 0 Å². The molecule has 10 heteroatoms. The fourth-order valence-electron chi connectivity index (χ4n) is 5.16. The van der Waals surface area contributed by atoms with E-state index < -0.39 is 23.2 Å². The predicted octanol–water partition coefficient (Wildman–Crippen LogP) is 4.77. The van der Waals surface area contributed by atoms with Crippen molar-refractivity contribution in [3.63, 3.8) is 0 Å². The number of ether oxygens (including phenoxy) is 2. The number of halogens is 4. The molecule has 0 N–H and O–H groups in total. The SMILES string of the molecule is COc1cc(C(=O)N2CCC3(CC2)c2c(F)cc(C(F)(F)F)n2CCN3C)ccc1OCC(C)C. The number of likely N-dealkylation sites (tertiary alicyclic amines) is 1. The van der Waals surface area contributed by atoms with Crippen molar-refractivity contribution >= 4 is 5.91 Å². The number of piperidine rings is 1. The van der Waals surface area contributed by atoms with Crippen LogP contribution in [-0.4, -0.2) is 60.7 Å². The number of methoxy groups -OCH3 is 1. The highest BCUT2D eigenvalue weighted by Crippen LogP contribution is 2.45.